The van der Waals surface area contributed by atoms with Crippen molar-refractivity contribution in [2.75, 3.05) is 5.32 Å². The molecule has 0 saturated carbocycles. The molecule has 0 fully saturated rings. The summed E-state index contributed by atoms with van der Waals surface area (Å²) in [4.78, 5) is 16.3. The number of nitrogens with zero attached hydrogens (tertiary/aromatic N) is 1. The van der Waals surface area contributed by atoms with Gasteiger partial charge < -0.3 is 10.4 Å². The average molecular weight is 336 g/mol. The van der Waals surface area contributed by atoms with Crippen molar-refractivity contribution in [1.82, 2.24) is 4.98 Å². The minimum atomic E-state index is -0.930. The lowest BCUT2D eigenvalue weighted by Crippen LogP contribution is -1.97. The van der Waals surface area contributed by atoms with Gasteiger partial charge in [-0.1, -0.05) is 12.1 Å². The molecule has 4 nitrogen and oxygen atoms in total. The summed E-state index contributed by atoms with van der Waals surface area (Å²) in [5.74, 6) is -0.0536. The number of carboxylic acid groups (broad SMARTS) is 1. The standard InChI is InChI=1S/C19H16N2O2S/c22-19(23)15-4-1-5-17(11-15)21-16-6-8-18(9-7-16)24-13-14-3-2-10-20-12-14/h1-12,21H,13H2,(H,22,23). The number of aromatic nitrogens is 1. The van der Waals surface area contributed by atoms with Gasteiger partial charge in [-0.2, -0.15) is 0 Å². The van der Waals surface area contributed by atoms with Crippen LogP contribution in [0.15, 0.2) is 78.0 Å². The number of nitrogens with one attached hydrogen (secondary N) is 1. The summed E-state index contributed by atoms with van der Waals surface area (Å²) in [5, 5.41) is 12.2. The fourth-order valence-corrected chi connectivity index (χ4v) is 3.01. The Morgan fingerprint density at radius 1 is 1.04 bits per heavy atom. The van der Waals surface area contributed by atoms with Gasteiger partial charge in [0.25, 0.3) is 0 Å². The Labute approximate surface area is 144 Å². The van der Waals surface area contributed by atoms with E-state index >= 15 is 0 Å². The number of anilines is 2. The molecule has 24 heavy (non-hydrogen) atoms. The molecule has 1 aromatic heterocycles. The summed E-state index contributed by atoms with van der Waals surface area (Å²) in [7, 11) is 0. The van der Waals surface area contributed by atoms with Crippen molar-refractivity contribution in [3.8, 4) is 0 Å². The quantitative estimate of drug-likeness (QED) is 0.632. The first-order valence-corrected chi connectivity index (χ1v) is 8.41. The predicted molar refractivity (Wildman–Crippen MR) is 96.9 cm³/mol. The third-order valence-electron chi connectivity index (χ3n) is 3.38. The van der Waals surface area contributed by atoms with E-state index in [-0.39, 0.29) is 5.56 Å². The van der Waals surface area contributed by atoms with Crippen molar-refractivity contribution in [2.24, 2.45) is 0 Å². The van der Waals surface area contributed by atoms with Gasteiger partial charge in [-0.15, -0.1) is 11.8 Å². The second-order valence-electron chi connectivity index (χ2n) is 5.19. The molecule has 120 valence electrons. The van der Waals surface area contributed by atoms with Crippen molar-refractivity contribution in [1.29, 1.82) is 0 Å². The lowest BCUT2D eigenvalue weighted by molar-refractivity contribution is 0.0697. The van der Waals surface area contributed by atoms with Crippen LogP contribution < -0.4 is 5.32 Å². The lowest BCUT2D eigenvalue weighted by Gasteiger charge is -2.08. The number of hydrogen-bond acceptors (Lipinski definition) is 4. The maximum atomic E-state index is 11.0. The number of thioether (sulfide) groups is 1. The van der Waals surface area contributed by atoms with E-state index < -0.39 is 5.97 Å². The zero-order chi connectivity index (χ0) is 16.8. The largest absolute Gasteiger partial charge is 0.478 e. The molecule has 3 aromatic rings. The highest BCUT2D eigenvalue weighted by Gasteiger charge is 2.03. The van der Waals surface area contributed by atoms with Crippen LogP contribution in [0.25, 0.3) is 0 Å². The van der Waals surface area contributed by atoms with Gasteiger partial charge in [0.05, 0.1) is 5.56 Å². The molecule has 0 atom stereocenters. The molecule has 0 unspecified atom stereocenters. The van der Waals surface area contributed by atoms with Crippen molar-refractivity contribution in [3.63, 3.8) is 0 Å². The predicted octanol–water partition coefficient (Wildman–Crippen LogP) is 4.82. The molecule has 1 heterocycles. The highest BCUT2D eigenvalue weighted by atomic mass is 32.2. The Kier molecular flexibility index (Phi) is 5.13. The Balaban J connectivity index is 1.62. The molecule has 0 aliphatic rings. The molecule has 0 aliphatic carbocycles. The smallest absolute Gasteiger partial charge is 0.335 e. The van der Waals surface area contributed by atoms with Crippen LogP contribution in [-0.2, 0) is 5.75 Å². The topological polar surface area (TPSA) is 62.2 Å². The first-order chi connectivity index (χ1) is 11.7. The van der Waals surface area contributed by atoms with Gasteiger partial charge in [-0.25, -0.2) is 4.79 Å². The number of hydrogen-bond donors (Lipinski definition) is 2. The summed E-state index contributed by atoms with van der Waals surface area (Å²) in [6, 6.07) is 18.8. The summed E-state index contributed by atoms with van der Waals surface area (Å²) in [5.41, 5.74) is 3.13. The van der Waals surface area contributed by atoms with Crippen LogP contribution >= 0.6 is 11.8 Å². The number of aromatic carboxylic acids is 1. The van der Waals surface area contributed by atoms with E-state index in [1.54, 1.807) is 36.2 Å². The zero-order valence-corrected chi connectivity index (χ0v) is 13.7. The van der Waals surface area contributed by atoms with E-state index in [2.05, 4.69) is 16.4 Å². The van der Waals surface area contributed by atoms with Crippen LogP contribution in [0.3, 0.4) is 0 Å². The van der Waals surface area contributed by atoms with E-state index in [0.717, 1.165) is 17.1 Å². The molecule has 0 spiro atoms. The van der Waals surface area contributed by atoms with Crippen LogP contribution in [0.4, 0.5) is 11.4 Å². The molecule has 0 radical (unpaired) electrons. The van der Waals surface area contributed by atoms with Crippen LogP contribution in [0, 0.1) is 0 Å². The molecule has 3 rings (SSSR count). The van der Waals surface area contributed by atoms with Crippen molar-refractivity contribution in [2.45, 2.75) is 10.6 Å². The van der Waals surface area contributed by atoms with Gasteiger partial charge in [0, 0.05) is 34.4 Å². The van der Waals surface area contributed by atoms with Gasteiger partial charge in [0.1, 0.15) is 0 Å². The Morgan fingerprint density at radius 2 is 1.88 bits per heavy atom. The lowest BCUT2D eigenvalue weighted by atomic mass is 10.2. The first kappa shape index (κ1) is 16.1. The molecule has 0 saturated heterocycles. The van der Waals surface area contributed by atoms with E-state index in [1.807, 2.05) is 42.6 Å². The van der Waals surface area contributed by atoms with E-state index in [1.165, 1.54) is 10.5 Å². The monoisotopic (exact) mass is 336 g/mol. The highest BCUT2D eigenvalue weighted by molar-refractivity contribution is 7.98. The van der Waals surface area contributed by atoms with Gasteiger partial charge in [0.15, 0.2) is 0 Å². The zero-order valence-electron chi connectivity index (χ0n) is 12.8. The fraction of sp³-hybridized carbons (Fsp3) is 0.0526. The molecule has 0 amide bonds. The molecule has 2 aromatic carbocycles. The molecule has 0 bridgehead atoms. The summed E-state index contributed by atoms with van der Waals surface area (Å²) in [6.45, 7) is 0. The van der Waals surface area contributed by atoms with Gasteiger partial charge >= 0.3 is 5.97 Å². The Hall–Kier alpha value is -2.79. The number of carboxylic acids is 1. The molecule has 0 aliphatic heterocycles. The normalized spacial score (nSPS) is 10.3. The maximum Gasteiger partial charge on any atom is 0.335 e. The first-order valence-electron chi connectivity index (χ1n) is 7.43. The average Bonchev–Trinajstić information content (AvgIpc) is 2.62. The Bertz CT molecular complexity index is 820. The maximum absolute atomic E-state index is 11.0. The third kappa shape index (κ3) is 4.36. The third-order valence-corrected chi connectivity index (χ3v) is 4.46. The molecule has 5 heteroatoms. The Morgan fingerprint density at radius 3 is 2.58 bits per heavy atom. The van der Waals surface area contributed by atoms with Gasteiger partial charge in [0.2, 0.25) is 0 Å². The molecular formula is C19H16N2O2S. The van der Waals surface area contributed by atoms with Gasteiger partial charge in [-0.3, -0.25) is 4.98 Å². The van der Waals surface area contributed by atoms with Crippen molar-refractivity contribution >= 4 is 29.1 Å². The van der Waals surface area contributed by atoms with Gasteiger partial charge in [-0.05, 0) is 54.1 Å². The minimum Gasteiger partial charge on any atom is -0.478 e. The van der Waals surface area contributed by atoms with Crippen LogP contribution in [0.5, 0.6) is 0 Å². The molecular weight excluding hydrogens is 320 g/mol. The van der Waals surface area contributed by atoms with Crippen LogP contribution in [0.1, 0.15) is 15.9 Å². The fourth-order valence-electron chi connectivity index (χ4n) is 2.18. The highest BCUT2D eigenvalue weighted by Crippen LogP contribution is 2.25. The number of benzene rings is 2. The molecule has 2 N–H and O–H groups in total. The minimum absolute atomic E-state index is 0.267. The van der Waals surface area contributed by atoms with Crippen LogP contribution in [-0.4, -0.2) is 16.1 Å². The van der Waals surface area contributed by atoms with E-state index in [4.69, 9.17) is 5.11 Å². The number of rotatable bonds is 6. The summed E-state index contributed by atoms with van der Waals surface area (Å²) in [6.07, 6.45) is 3.65. The van der Waals surface area contributed by atoms with Crippen molar-refractivity contribution < 1.29 is 9.90 Å². The second kappa shape index (κ2) is 7.66. The summed E-state index contributed by atoms with van der Waals surface area (Å²) >= 11 is 1.75. The number of carbonyl (C=O) groups is 1. The summed E-state index contributed by atoms with van der Waals surface area (Å²) < 4.78 is 0. The number of pyridine rings is 1. The SMILES string of the molecule is O=C(O)c1cccc(Nc2ccc(SCc3cccnc3)cc2)c1. The van der Waals surface area contributed by atoms with E-state index in [0.29, 0.717) is 0 Å². The van der Waals surface area contributed by atoms with Crippen molar-refractivity contribution in [3.05, 3.63) is 84.2 Å². The van der Waals surface area contributed by atoms with Crippen LogP contribution in [0.2, 0.25) is 0 Å². The second-order valence-corrected chi connectivity index (χ2v) is 6.23. The van der Waals surface area contributed by atoms with E-state index in [9.17, 15) is 4.79 Å².